The van der Waals surface area contributed by atoms with E-state index in [-0.39, 0.29) is 17.9 Å². The fraction of sp³-hybridized carbons (Fsp3) is 0.750. The molecule has 1 aliphatic carbocycles. The maximum atomic E-state index is 12.8. The Morgan fingerprint density at radius 2 is 2.10 bits per heavy atom. The summed E-state index contributed by atoms with van der Waals surface area (Å²) in [5.41, 5.74) is -0.729. The van der Waals surface area contributed by atoms with Gasteiger partial charge in [0.25, 0.3) is 0 Å². The van der Waals surface area contributed by atoms with E-state index < -0.39 is 5.54 Å². The molecular formula is C16H26N2O2. The van der Waals surface area contributed by atoms with Gasteiger partial charge in [-0.05, 0) is 44.9 Å². The lowest BCUT2D eigenvalue weighted by Gasteiger charge is -2.45. The van der Waals surface area contributed by atoms with E-state index in [1.807, 2.05) is 25.7 Å². The van der Waals surface area contributed by atoms with Gasteiger partial charge >= 0.3 is 0 Å². The summed E-state index contributed by atoms with van der Waals surface area (Å²) >= 11 is 0. The standard InChI is InChI=1S/C16H26N2O2/c1-4-13-14(19)17-16(3,5-2)15(20)18(13)11-12-9-7-6-8-10-12/h6-7,12-13H,4-5,8-11H2,1-3H3,(H,17,19). The van der Waals surface area contributed by atoms with Crippen molar-refractivity contribution < 1.29 is 9.59 Å². The van der Waals surface area contributed by atoms with Crippen LogP contribution in [0.5, 0.6) is 0 Å². The molecular weight excluding hydrogens is 252 g/mol. The summed E-state index contributed by atoms with van der Waals surface area (Å²) in [6, 6.07) is -0.298. The van der Waals surface area contributed by atoms with Crippen LogP contribution in [0.25, 0.3) is 0 Å². The van der Waals surface area contributed by atoms with Gasteiger partial charge in [-0.25, -0.2) is 0 Å². The van der Waals surface area contributed by atoms with Crippen LogP contribution in [0, 0.1) is 5.92 Å². The smallest absolute Gasteiger partial charge is 0.248 e. The molecule has 0 spiro atoms. The Labute approximate surface area is 121 Å². The molecule has 20 heavy (non-hydrogen) atoms. The van der Waals surface area contributed by atoms with Crippen molar-refractivity contribution in [1.29, 1.82) is 0 Å². The van der Waals surface area contributed by atoms with Gasteiger partial charge in [-0.15, -0.1) is 0 Å². The molecule has 2 aliphatic rings. The Morgan fingerprint density at radius 1 is 1.35 bits per heavy atom. The Kier molecular flexibility index (Phi) is 4.51. The summed E-state index contributed by atoms with van der Waals surface area (Å²) in [5.74, 6) is 0.578. The summed E-state index contributed by atoms with van der Waals surface area (Å²) in [5, 5.41) is 2.92. The van der Waals surface area contributed by atoms with Gasteiger partial charge < -0.3 is 10.2 Å². The molecule has 2 amide bonds. The molecule has 0 saturated carbocycles. The molecule has 0 radical (unpaired) electrons. The fourth-order valence-corrected chi connectivity index (χ4v) is 3.16. The molecule has 0 aromatic carbocycles. The van der Waals surface area contributed by atoms with Crippen molar-refractivity contribution in [2.45, 2.75) is 64.5 Å². The number of rotatable bonds is 4. The van der Waals surface area contributed by atoms with Crippen molar-refractivity contribution in [1.82, 2.24) is 10.2 Å². The number of carbonyl (C=O) groups is 2. The second kappa shape index (κ2) is 5.98. The van der Waals surface area contributed by atoms with Crippen LogP contribution in [0.2, 0.25) is 0 Å². The quantitative estimate of drug-likeness (QED) is 0.802. The van der Waals surface area contributed by atoms with E-state index in [2.05, 4.69) is 17.5 Å². The summed E-state index contributed by atoms with van der Waals surface area (Å²) in [6.45, 7) is 6.48. The largest absolute Gasteiger partial charge is 0.340 e. The van der Waals surface area contributed by atoms with E-state index in [1.54, 1.807) is 0 Å². The molecule has 1 fully saturated rings. The van der Waals surface area contributed by atoms with Crippen molar-refractivity contribution in [3.63, 3.8) is 0 Å². The zero-order valence-electron chi connectivity index (χ0n) is 12.8. The number of hydrogen-bond acceptors (Lipinski definition) is 2. The number of hydrogen-bond donors (Lipinski definition) is 1. The summed E-state index contributed by atoms with van der Waals surface area (Å²) in [4.78, 5) is 26.9. The topological polar surface area (TPSA) is 49.4 Å². The van der Waals surface area contributed by atoms with E-state index in [1.165, 1.54) is 0 Å². The SMILES string of the molecule is CCC1C(=O)NC(C)(CC)C(=O)N1CC1CC=CCC1. The van der Waals surface area contributed by atoms with Gasteiger partial charge in [-0.2, -0.15) is 0 Å². The van der Waals surface area contributed by atoms with Crippen LogP contribution in [0.1, 0.15) is 52.9 Å². The molecule has 3 atom stereocenters. The number of nitrogens with one attached hydrogen (secondary N) is 1. The minimum absolute atomic E-state index is 0.00259. The monoisotopic (exact) mass is 278 g/mol. The molecule has 1 aliphatic heterocycles. The molecule has 112 valence electrons. The minimum Gasteiger partial charge on any atom is -0.340 e. The lowest BCUT2D eigenvalue weighted by molar-refractivity contribution is -0.155. The van der Waals surface area contributed by atoms with E-state index >= 15 is 0 Å². The van der Waals surface area contributed by atoms with E-state index in [9.17, 15) is 9.59 Å². The normalized spacial score (nSPS) is 34.2. The van der Waals surface area contributed by atoms with Gasteiger partial charge in [0.05, 0.1) is 0 Å². The third-order valence-corrected chi connectivity index (χ3v) is 4.74. The summed E-state index contributed by atoms with van der Waals surface area (Å²) in [6.07, 6.45) is 8.93. The molecule has 3 unspecified atom stereocenters. The third-order valence-electron chi connectivity index (χ3n) is 4.74. The number of amides is 2. The average molecular weight is 278 g/mol. The average Bonchev–Trinajstić information content (AvgIpc) is 2.46. The van der Waals surface area contributed by atoms with Crippen LogP contribution in [-0.4, -0.2) is 34.8 Å². The second-order valence-electron chi connectivity index (χ2n) is 6.21. The summed E-state index contributed by atoms with van der Waals surface area (Å²) < 4.78 is 0. The minimum atomic E-state index is -0.729. The van der Waals surface area contributed by atoms with Crippen LogP contribution in [0.15, 0.2) is 12.2 Å². The maximum Gasteiger partial charge on any atom is 0.248 e. The Hall–Kier alpha value is -1.32. The van der Waals surface area contributed by atoms with Gasteiger partial charge in [0.1, 0.15) is 11.6 Å². The lowest BCUT2D eigenvalue weighted by atomic mass is 9.88. The van der Waals surface area contributed by atoms with Crippen molar-refractivity contribution >= 4 is 11.8 Å². The van der Waals surface area contributed by atoms with Crippen molar-refractivity contribution in [2.75, 3.05) is 6.54 Å². The van der Waals surface area contributed by atoms with Crippen LogP contribution < -0.4 is 5.32 Å². The summed E-state index contributed by atoms with van der Waals surface area (Å²) in [7, 11) is 0. The fourth-order valence-electron chi connectivity index (χ4n) is 3.16. The molecule has 1 N–H and O–H groups in total. The zero-order valence-corrected chi connectivity index (χ0v) is 12.8. The Bertz CT molecular complexity index is 419. The Balaban J connectivity index is 2.18. The molecule has 2 rings (SSSR count). The number of piperazine rings is 1. The number of carbonyl (C=O) groups excluding carboxylic acids is 2. The molecule has 1 saturated heterocycles. The first-order chi connectivity index (χ1) is 9.51. The highest BCUT2D eigenvalue weighted by Crippen LogP contribution is 2.27. The molecule has 4 heteroatoms. The van der Waals surface area contributed by atoms with E-state index in [0.29, 0.717) is 25.3 Å². The van der Waals surface area contributed by atoms with E-state index in [0.717, 1.165) is 19.3 Å². The first-order valence-corrected chi connectivity index (χ1v) is 7.80. The van der Waals surface area contributed by atoms with Crippen molar-refractivity contribution in [2.24, 2.45) is 5.92 Å². The molecule has 0 bridgehead atoms. The molecule has 1 heterocycles. The van der Waals surface area contributed by atoms with Gasteiger partial charge in [0, 0.05) is 6.54 Å². The first-order valence-electron chi connectivity index (χ1n) is 7.80. The highest BCUT2D eigenvalue weighted by atomic mass is 16.2. The van der Waals surface area contributed by atoms with Crippen molar-refractivity contribution in [3.05, 3.63) is 12.2 Å². The number of nitrogens with zero attached hydrogens (tertiary/aromatic N) is 1. The Morgan fingerprint density at radius 3 is 2.65 bits per heavy atom. The predicted molar refractivity (Wildman–Crippen MR) is 79.1 cm³/mol. The predicted octanol–water partition coefficient (Wildman–Crippen LogP) is 2.25. The first kappa shape index (κ1) is 15.1. The van der Waals surface area contributed by atoms with Gasteiger partial charge in [-0.1, -0.05) is 26.0 Å². The highest BCUT2D eigenvalue weighted by molar-refractivity contribution is 5.99. The zero-order chi connectivity index (χ0) is 14.8. The van der Waals surface area contributed by atoms with Gasteiger partial charge in [0.2, 0.25) is 11.8 Å². The van der Waals surface area contributed by atoms with E-state index in [4.69, 9.17) is 0 Å². The lowest BCUT2D eigenvalue weighted by Crippen LogP contribution is -2.69. The van der Waals surface area contributed by atoms with Gasteiger partial charge in [-0.3, -0.25) is 9.59 Å². The van der Waals surface area contributed by atoms with Crippen LogP contribution in [0.4, 0.5) is 0 Å². The number of allylic oxidation sites excluding steroid dienone is 2. The van der Waals surface area contributed by atoms with Crippen LogP contribution >= 0.6 is 0 Å². The van der Waals surface area contributed by atoms with Crippen molar-refractivity contribution in [3.8, 4) is 0 Å². The van der Waals surface area contributed by atoms with Crippen LogP contribution in [0.3, 0.4) is 0 Å². The highest BCUT2D eigenvalue weighted by Gasteiger charge is 2.46. The van der Waals surface area contributed by atoms with Crippen LogP contribution in [-0.2, 0) is 9.59 Å². The second-order valence-corrected chi connectivity index (χ2v) is 6.21. The molecule has 0 aromatic heterocycles. The molecule has 0 aromatic rings. The van der Waals surface area contributed by atoms with Gasteiger partial charge in [0.15, 0.2) is 0 Å². The third kappa shape index (κ3) is 2.74. The molecule has 4 nitrogen and oxygen atoms in total. The maximum absolute atomic E-state index is 12.8.